The molecule has 0 bridgehead atoms. The van der Waals surface area contributed by atoms with Gasteiger partial charge in [0.25, 0.3) is 11.6 Å². The van der Waals surface area contributed by atoms with Gasteiger partial charge in [-0.1, -0.05) is 35.3 Å². The maximum atomic E-state index is 12.3. The van der Waals surface area contributed by atoms with E-state index in [-0.39, 0.29) is 22.1 Å². The molecule has 0 aliphatic carbocycles. The molecule has 0 saturated heterocycles. The first kappa shape index (κ1) is 22.2. The van der Waals surface area contributed by atoms with Crippen molar-refractivity contribution < 1.29 is 24.0 Å². The van der Waals surface area contributed by atoms with Crippen LogP contribution in [0.5, 0.6) is 5.75 Å². The summed E-state index contributed by atoms with van der Waals surface area (Å²) in [5, 5.41) is 14.0. The third kappa shape index (κ3) is 5.94. The van der Waals surface area contributed by atoms with Crippen LogP contribution in [-0.4, -0.2) is 30.0 Å². The number of nitrogens with zero attached hydrogens (tertiary/aromatic N) is 1. The van der Waals surface area contributed by atoms with Crippen molar-refractivity contribution in [3.05, 3.63) is 68.2 Å². The third-order valence-electron chi connectivity index (χ3n) is 3.69. The monoisotopic (exact) mass is 438 g/mol. The molecule has 8 nitrogen and oxygen atoms in total. The predicted molar refractivity (Wildman–Crippen MR) is 109 cm³/mol. The fourth-order valence-electron chi connectivity index (χ4n) is 2.22. The van der Waals surface area contributed by atoms with Crippen LogP contribution < -0.4 is 10.1 Å². The van der Waals surface area contributed by atoms with E-state index >= 15 is 0 Å². The van der Waals surface area contributed by atoms with E-state index in [1.165, 1.54) is 32.2 Å². The minimum atomic E-state index is -1.18. The average Bonchev–Trinajstić information content (AvgIpc) is 2.68. The van der Waals surface area contributed by atoms with Crippen molar-refractivity contribution in [2.24, 2.45) is 0 Å². The Bertz CT molecular complexity index is 977. The highest BCUT2D eigenvalue weighted by molar-refractivity contribution is 6.42. The predicted octanol–water partition coefficient (Wildman–Crippen LogP) is 4.49. The number of nitrogens with one attached hydrogen (secondary N) is 1. The first-order valence-electron chi connectivity index (χ1n) is 8.19. The standard InChI is InChI=1S/C19H16Cl2N2O6/c1-11(29-17(24)9-6-12-4-3-5-14(20)18(12)21)19(25)22-15-10-13(23(26)27)7-8-16(15)28-2/h3-11H,1-2H3,(H,22,25)/b9-6+. The van der Waals surface area contributed by atoms with E-state index < -0.39 is 22.9 Å². The number of amides is 1. The fourth-order valence-corrected chi connectivity index (χ4v) is 2.59. The number of carbonyl (C=O) groups is 2. The summed E-state index contributed by atoms with van der Waals surface area (Å²) < 4.78 is 10.1. The van der Waals surface area contributed by atoms with Crippen LogP contribution in [0.1, 0.15) is 12.5 Å². The van der Waals surface area contributed by atoms with Crippen LogP contribution in [0.3, 0.4) is 0 Å². The Labute approximate surface area is 176 Å². The second-order valence-corrected chi connectivity index (χ2v) is 6.47. The molecule has 1 amide bonds. The lowest BCUT2D eigenvalue weighted by Crippen LogP contribution is -2.29. The zero-order chi connectivity index (χ0) is 21.6. The minimum Gasteiger partial charge on any atom is -0.495 e. The van der Waals surface area contributed by atoms with Crippen molar-refractivity contribution >= 4 is 52.5 Å². The SMILES string of the molecule is COc1ccc([N+](=O)[O-])cc1NC(=O)C(C)OC(=O)/C=C/c1cccc(Cl)c1Cl. The molecule has 0 heterocycles. The van der Waals surface area contributed by atoms with Crippen molar-refractivity contribution in [2.75, 3.05) is 12.4 Å². The molecule has 2 aromatic carbocycles. The van der Waals surface area contributed by atoms with Crippen LogP contribution in [0.4, 0.5) is 11.4 Å². The van der Waals surface area contributed by atoms with Gasteiger partial charge in [-0.3, -0.25) is 14.9 Å². The van der Waals surface area contributed by atoms with E-state index in [2.05, 4.69) is 5.32 Å². The second-order valence-electron chi connectivity index (χ2n) is 5.69. The molecule has 0 aromatic heterocycles. The summed E-state index contributed by atoms with van der Waals surface area (Å²) in [5.74, 6) is -1.25. The van der Waals surface area contributed by atoms with Crippen LogP contribution in [0.2, 0.25) is 10.0 Å². The number of benzene rings is 2. The van der Waals surface area contributed by atoms with Crippen LogP contribution >= 0.6 is 23.2 Å². The Morgan fingerprint density at radius 2 is 1.97 bits per heavy atom. The first-order chi connectivity index (χ1) is 13.7. The van der Waals surface area contributed by atoms with Crippen LogP contribution in [0, 0.1) is 10.1 Å². The number of ether oxygens (including phenoxy) is 2. The topological polar surface area (TPSA) is 108 Å². The van der Waals surface area contributed by atoms with Crippen molar-refractivity contribution in [1.29, 1.82) is 0 Å². The highest BCUT2D eigenvalue weighted by Gasteiger charge is 2.20. The van der Waals surface area contributed by atoms with Crippen molar-refractivity contribution in [3.8, 4) is 5.75 Å². The molecule has 0 aliphatic rings. The molecule has 1 atom stereocenters. The Balaban J connectivity index is 2.04. The van der Waals surface area contributed by atoms with E-state index in [0.29, 0.717) is 10.6 Å². The van der Waals surface area contributed by atoms with Gasteiger partial charge >= 0.3 is 5.97 Å². The van der Waals surface area contributed by atoms with Gasteiger partial charge in [-0.25, -0.2) is 4.79 Å². The number of methoxy groups -OCH3 is 1. The quantitative estimate of drug-likeness (QED) is 0.295. The number of non-ortho nitro benzene ring substituents is 1. The first-order valence-corrected chi connectivity index (χ1v) is 8.94. The number of nitro groups is 1. The van der Waals surface area contributed by atoms with E-state index in [0.717, 1.165) is 12.1 Å². The van der Waals surface area contributed by atoms with E-state index in [1.54, 1.807) is 18.2 Å². The van der Waals surface area contributed by atoms with Crippen LogP contribution in [0.15, 0.2) is 42.5 Å². The highest BCUT2D eigenvalue weighted by Crippen LogP contribution is 2.29. The average molecular weight is 439 g/mol. The lowest BCUT2D eigenvalue weighted by molar-refractivity contribution is -0.384. The number of hydrogen-bond acceptors (Lipinski definition) is 6. The zero-order valence-corrected chi connectivity index (χ0v) is 16.9. The summed E-state index contributed by atoms with van der Waals surface area (Å²) in [6.07, 6.45) is 1.34. The highest BCUT2D eigenvalue weighted by atomic mass is 35.5. The van der Waals surface area contributed by atoms with Gasteiger partial charge in [0.05, 0.1) is 27.8 Å². The summed E-state index contributed by atoms with van der Waals surface area (Å²) in [7, 11) is 1.35. The molecule has 10 heteroatoms. The van der Waals surface area contributed by atoms with E-state index in [9.17, 15) is 19.7 Å². The van der Waals surface area contributed by atoms with Gasteiger partial charge in [0.15, 0.2) is 6.10 Å². The number of hydrogen-bond donors (Lipinski definition) is 1. The minimum absolute atomic E-state index is 0.0795. The largest absolute Gasteiger partial charge is 0.495 e. The molecule has 2 aromatic rings. The Morgan fingerprint density at radius 3 is 2.62 bits per heavy atom. The smallest absolute Gasteiger partial charge is 0.331 e. The molecular formula is C19H16Cl2N2O6. The lowest BCUT2D eigenvalue weighted by Gasteiger charge is -2.14. The molecule has 0 saturated carbocycles. The van der Waals surface area contributed by atoms with Crippen LogP contribution in [-0.2, 0) is 14.3 Å². The van der Waals surface area contributed by atoms with Gasteiger partial charge in [0, 0.05) is 18.2 Å². The maximum absolute atomic E-state index is 12.3. The summed E-state index contributed by atoms with van der Waals surface area (Å²) in [6.45, 7) is 1.36. The molecule has 2 rings (SSSR count). The number of carbonyl (C=O) groups excluding carboxylic acids is 2. The number of anilines is 1. The Morgan fingerprint density at radius 1 is 1.24 bits per heavy atom. The third-order valence-corrected chi connectivity index (χ3v) is 4.53. The molecule has 0 fully saturated rings. The van der Waals surface area contributed by atoms with Gasteiger partial charge in [-0.05, 0) is 30.7 Å². The second kappa shape index (κ2) is 9.90. The zero-order valence-electron chi connectivity index (χ0n) is 15.3. The molecule has 29 heavy (non-hydrogen) atoms. The normalized spacial score (nSPS) is 11.7. The maximum Gasteiger partial charge on any atom is 0.331 e. The summed E-state index contributed by atoms with van der Waals surface area (Å²) in [5.41, 5.74) is 0.359. The molecule has 152 valence electrons. The van der Waals surface area contributed by atoms with Gasteiger partial charge in [0.1, 0.15) is 5.75 Å². The molecule has 0 aliphatic heterocycles. The summed E-state index contributed by atoms with van der Waals surface area (Å²) >= 11 is 11.9. The summed E-state index contributed by atoms with van der Waals surface area (Å²) in [4.78, 5) is 34.6. The van der Waals surface area contributed by atoms with Gasteiger partial charge in [-0.2, -0.15) is 0 Å². The van der Waals surface area contributed by atoms with Crippen molar-refractivity contribution in [3.63, 3.8) is 0 Å². The number of esters is 1. The number of halogens is 2. The molecule has 0 radical (unpaired) electrons. The number of nitro benzene ring substituents is 1. The molecular weight excluding hydrogens is 423 g/mol. The van der Waals surface area contributed by atoms with E-state index in [1.807, 2.05) is 0 Å². The van der Waals surface area contributed by atoms with Crippen LogP contribution in [0.25, 0.3) is 6.08 Å². The fraction of sp³-hybridized carbons (Fsp3) is 0.158. The van der Waals surface area contributed by atoms with Gasteiger partial charge in [0.2, 0.25) is 0 Å². The summed E-state index contributed by atoms with van der Waals surface area (Å²) in [6, 6.07) is 8.66. The Hall–Kier alpha value is -3.10. The van der Waals surface area contributed by atoms with E-state index in [4.69, 9.17) is 32.7 Å². The van der Waals surface area contributed by atoms with Gasteiger partial charge < -0.3 is 14.8 Å². The lowest BCUT2D eigenvalue weighted by atomic mass is 10.2. The molecule has 1 N–H and O–H groups in total. The Kier molecular flexibility index (Phi) is 7.58. The van der Waals surface area contributed by atoms with Gasteiger partial charge in [-0.15, -0.1) is 0 Å². The molecule has 1 unspecified atom stereocenters. The van der Waals surface area contributed by atoms with Crippen molar-refractivity contribution in [2.45, 2.75) is 13.0 Å². The van der Waals surface area contributed by atoms with Crippen molar-refractivity contribution in [1.82, 2.24) is 0 Å². The molecule has 0 spiro atoms. The number of rotatable bonds is 7.